The number of aromatic nitrogens is 1. The summed E-state index contributed by atoms with van der Waals surface area (Å²) in [4.78, 5) is 19.7. The van der Waals surface area contributed by atoms with Crippen molar-refractivity contribution < 1.29 is 14.3 Å². The first-order valence-corrected chi connectivity index (χ1v) is 9.43. The second-order valence-electron chi connectivity index (χ2n) is 5.91. The minimum atomic E-state index is -0.164. The maximum atomic E-state index is 12.1. The third-order valence-electron chi connectivity index (χ3n) is 4.27. The fourth-order valence-corrected chi connectivity index (χ4v) is 4.01. The number of carbonyl (C=O) groups is 1. The van der Waals surface area contributed by atoms with Gasteiger partial charge in [0.15, 0.2) is 0 Å². The van der Waals surface area contributed by atoms with Crippen LogP contribution < -0.4 is 15.0 Å². The lowest BCUT2D eigenvalue weighted by molar-refractivity contribution is -0.115. The Bertz CT molecular complexity index is 923. The van der Waals surface area contributed by atoms with Crippen molar-refractivity contribution in [1.82, 2.24) is 10.3 Å². The number of thiocarbonyl (C=S) groups is 1. The number of anilines is 1. The Kier molecular flexibility index (Phi) is 4.80. The molecule has 2 fully saturated rings. The molecule has 1 aromatic carbocycles. The van der Waals surface area contributed by atoms with Crippen LogP contribution in [-0.4, -0.2) is 48.6 Å². The van der Waals surface area contributed by atoms with Crippen LogP contribution in [0.5, 0.6) is 5.75 Å². The maximum absolute atomic E-state index is 12.1. The van der Waals surface area contributed by atoms with Gasteiger partial charge in [-0.2, -0.15) is 0 Å². The number of nitrogens with zero attached hydrogens (tertiary/aromatic N) is 2. The van der Waals surface area contributed by atoms with Gasteiger partial charge in [-0.25, -0.2) is 4.98 Å². The number of carbonyl (C=O) groups excluding carboxylic acids is 1. The molecule has 0 radical (unpaired) electrons. The Morgan fingerprint density at radius 1 is 1.35 bits per heavy atom. The van der Waals surface area contributed by atoms with Gasteiger partial charge in [0.2, 0.25) is 0 Å². The number of fused-ring (bicyclic) bond motifs is 1. The van der Waals surface area contributed by atoms with Crippen molar-refractivity contribution in [3.63, 3.8) is 0 Å². The van der Waals surface area contributed by atoms with Crippen molar-refractivity contribution in [1.29, 1.82) is 0 Å². The molecule has 2 aromatic rings. The van der Waals surface area contributed by atoms with Crippen LogP contribution in [0.15, 0.2) is 29.2 Å². The van der Waals surface area contributed by atoms with Gasteiger partial charge in [0.1, 0.15) is 15.9 Å². The lowest BCUT2D eigenvalue weighted by atomic mass is 10.1. The number of methoxy groups -OCH3 is 1. The van der Waals surface area contributed by atoms with E-state index < -0.39 is 0 Å². The molecule has 26 heavy (non-hydrogen) atoms. The number of pyridine rings is 1. The van der Waals surface area contributed by atoms with Crippen LogP contribution in [0.3, 0.4) is 0 Å². The molecule has 2 saturated heterocycles. The highest BCUT2D eigenvalue weighted by Gasteiger charge is 2.24. The molecule has 2 aliphatic heterocycles. The van der Waals surface area contributed by atoms with Gasteiger partial charge in [-0.05, 0) is 24.3 Å². The Hall–Kier alpha value is -2.16. The van der Waals surface area contributed by atoms with Crippen LogP contribution >= 0.6 is 24.0 Å². The average Bonchev–Trinajstić information content (AvgIpc) is 2.98. The zero-order chi connectivity index (χ0) is 18.1. The minimum Gasteiger partial charge on any atom is -0.497 e. The van der Waals surface area contributed by atoms with Crippen molar-refractivity contribution in [2.75, 3.05) is 38.3 Å². The number of amides is 1. The highest BCUT2D eigenvalue weighted by atomic mass is 32.2. The van der Waals surface area contributed by atoms with E-state index in [1.807, 2.05) is 24.3 Å². The quantitative estimate of drug-likeness (QED) is 0.641. The number of rotatable bonds is 3. The summed E-state index contributed by atoms with van der Waals surface area (Å²) in [6, 6.07) is 7.84. The lowest BCUT2D eigenvalue weighted by Gasteiger charge is -2.29. The third kappa shape index (κ3) is 3.40. The fourth-order valence-electron chi connectivity index (χ4n) is 2.98. The summed E-state index contributed by atoms with van der Waals surface area (Å²) in [5.74, 6) is 1.44. The predicted octanol–water partition coefficient (Wildman–Crippen LogP) is 2.57. The Morgan fingerprint density at radius 2 is 2.15 bits per heavy atom. The second kappa shape index (κ2) is 7.22. The molecular weight excluding hydrogens is 370 g/mol. The van der Waals surface area contributed by atoms with Crippen LogP contribution in [0.2, 0.25) is 0 Å². The Balaban J connectivity index is 1.84. The number of morpholine rings is 1. The summed E-state index contributed by atoms with van der Waals surface area (Å²) in [6.07, 6.45) is 1.86. The zero-order valence-corrected chi connectivity index (χ0v) is 15.8. The fraction of sp³-hybridized carbons (Fsp3) is 0.278. The number of hydrogen-bond donors (Lipinski definition) is 1. The summed E-state index contributed by atoms with van der Waals surface area (Å²) >= 11 is 6.36. The van der Waals surface area contributed by atoms with E-state index in [-0.39, 0.29) is 5.91 Å². The van der Waals surface area contributed by atoms with Gasteiger partial charge in [-0.3, -0.25) is 4.79 Å². The zero-order valence-electron chi connectivity index (χ0n) is 14.2. The summed E-state index contributed by atoms with van der Waals surface area (Å²) in [7, 11) is 1.64. The van der Waals surface area contributed by atoms with E-state index in [9.17, 15) is 4.79 Å². The van der Waals surface area contributed by atoms with Gasteiger partial charge in [-0.1, -0.05) is 24.0 Å². The topological polar surface area (TPSA) is 63.7 Å². The molecule has 0 saturated carbocycles. The first-order chi connectivity index (χ1) is 12.6. The molecule has 2 aliphatic rings. The van der Waals surface area contributed by atoms with Gasteiger partial charge < -0.3 is 19.7 Å². The second-order valence-corrected chi connectivity index (χ2v) is 7.63. The van der Waals surface area contributed by atoms with Gasteiger partial charge in [0, 0.05) is 30.1 Å². The highest BCUT2D eigenvalue weighted by Crippen LogP contribution is 2.32. The van der Waals surface area contributed by atoms with Gasteiger partial charge in [0.05, 0.1) is 30.7 Å². The molecule has 0 spiro atoms. The van der Waals surface area contributed by atoms with Crippen molar-refractivity contribution in [2.45, 2.75) is 0 Å². The van der Waals surface area contributed by atoms with E-state index in [1.165, 1.54) is 11.8 Å². The van der Waals surface area contributed by atoms with Gasteiger partial charge >= 0.3 is 0 Å². The monoisotopic (exact) mass is 387 g/mol. The van der Waals surface area contributed by atoms with E-state index in [0.29, 0.717) is 22.4 Å². The average molecular weight is 387 g/mol. The molecule has 3 heterocycles. The molecule has 1 amide bonds. The Morgan fingerprint density at radius 3 is 2.85 bits per heavy atom. The van der Waals surface area contributed by atoms with Crippen LogP contribution in [0.25, 0.3) is 17.0 Å². The molecule has 6 nitrogen and oxygen atoms in total. The minimum absolute atomic E-state index is 0.164. The van der Waals surface area contributed by atoms with E-state index in [4.69, 9.17) is 26.7 Å². The molecule has 134 valence electrons. The highest BCUT2D eigenvalue weighted by molar-refractivity contribution is 8.26. The summed E-state index contributed by atoms with van der Waals surface area (Å²) in [5, 5.41) is 3.64. The molecule has 0 atom stereocenters. The predicted molar refractivity (Wildman–Crippen MR) is 108 cm³/mol. The van der Waals surface area contributed by atoms with Crippen LogP contribution in [0.1, 0.15) is 5.56 Å². The van der Waals surface area contributed by atoms with Crippen molar-refractivity contribution in [3.8, 4) is 5.75 Å². The van der Waals surface area contributed by atoms with Crippen LogP contribution in [-0.2, 0) is 9.53 Å². The van der Waals surface area contributed by atoms with E-state index in [0.717, 1.165) is 41.1 Å². The number of ether oxygens (including phenoxy) is 2. The molecule has 1 N–H and O–H groups in total. The first-order valence-electron chi connectivity index (χ1n) is 8.20. The molecule has 0 bridgehead atoms. The number of benzene rings is 1. The standard InChI is InChI=1S/C18H17N3O3S2/c1-23-13-3-2-11-8-12(9-15-17(22)20-18(25)26-15)16(19-14(11)10-13)21-4-6-24-7-5-21/h2-3,8-10H,4-7H2,1H3,(H,20,22,25). The van der Waals surface area contributed by atoms with Crippen molar-refractivity contribution in [3.05, 3.63) is 34.7 Å². The van der Waals surface area contributed by atoms with Crippen molar-refractivity contribution >= 4 is 57.0 Å². The number of hydrogen-bond acceptors (Lipinski definition) is 7. The van der Waals surface area contributed by atoms with E-state index >= 15 is 0 Å². The molecule has 1 aromatic heterocycles. The van der Waals surface area contributed by atoms with Crippen LogP contribution in [0.4, 0.5) is 5.82 Å². The molecule has 4 rings (SSSR count). The van der Waals surface area contributed by atoms with E-state index in [2.05, 4.69) is 16.3 Å². The molecule has 8 heteroatoms. The summed E-state index contributed by atoms with van der Waals surface area (Å²) in [6.45, 7) is 2.84. The van der Waals surface area contributed by atoms with Gasteiger partial charge in [0.25, 0.3) is 5.91 Å². The lowest BCUT2D eigenvalue weighted by Crippen LogP contribution is -2.37. The molecule has 0 aliphatic carbocycles. The van der Waals surface area contributed by atoms with E-state index in [1.54, 1.807) is 7.11 Å². The first kappa shape index (κ1) is 17.3. The third-order valence-corrected chi connectivity index (χ3v) is 5.44. The Labute approximate surface area is 160 Å². The smallest absolute Gasteiger partial charge is 0.263 e. The summed E-state index contributed by atoms with van der Waals surface area (Å²) < 4.78 is 11.3. The summed E-state index contributed by atoms with van der Waals surface area (Å²) in [5.41, 5.74) is 1.75. The van der Waals surface area contributed by atoms with Crippen molar-refractivity contribution in [2.24, 2.45) is 0 Å². The maximum Gasteiger partial charge on any atom is 0.263 e. The molecule has 0 unspecified atom stereocenters. The SMILES string of the molecule is COc1ccc2cc(C=C3SC(=S)NC3=O)c(N3CCOCC3)nc2c1. The number of thioether (sulfide) groups is 1. The molecular formula is C18H17N3O3S2. The number of nitrogens with one attached hydrogen (secondary N) is 1. The largest absolute Gasteiger partial charge is 0.497 e. The van der Waals surface area contributed by atoms with Gasteiger partial charge in [-0.15, -0.1) is 0 Å². The normalized spacial score (nSPS) is 19.3. The van der Waals surface area contributed by atoms with Crippen LogP contribution in [0, 0.1) is 0 Å².